The van der Waals surface area contributed by atoms with Crippen LogP contribution in [0.3, 0.4) is 0 Å². The third kappa shape index (κ3) is 4.23. The molecule has 6 nitrogen and oxygen atoms in total. The van der Waals surface area contributed by atoms with Crippen molar-refractivity contribution in [1.82, 2.24) is 9.97 Å². The smallest absolute Gasteiger partial charge is 0.228 e. The van der Waals surface area contributed by atoms with Crippen LogP contribution in [0.25, 0.3) is 22.2 Å². The minimum absolute atomic E-state index is 0.00633. The number of anilines is 1. The van der Waals surface area contributed by atoms with E-state index in [2.05, 4.69) is 15.3 Å². The van der Waals surface area contributed by atoms with E-state index in [9.17, 15) is 17.6 Å². The van der Waals surface area contributed by atoms with Crippen molar-refractivity contribution < 1.29 is 17.6 Å². The number of carbonyl (C=O) groups excluding carboxylic acids is 1. The first kappa shape index (κ1) is 20.5. The number of hydrogen-bond donors (Lipinski definition) is 2. The number of amides is 1. The highest BCUT2D eigenvalue weighted by atomic mass is 32.2. The van der Waals surface area contributed by atoms with Gasteiger partial charge in [-0.05, 0) is 42.2 Å². The van der Waals surface area contributed by atoms with E-state index in [1.165, 1.54) is 12.1 Å². The zero-order valence-corrected chi connectivity index (χ0v) is 17.6. The van der Waals surface area contributed by atoms with Gasteiger partial charge in [0.05, 0.1) is 5.75 Å². The molecule has 3 aromatic rings. The number of sulfone groups is 1. The molecule has 0 radical (unpaired) electrons. The Balaban J connectivity index is 1.68. The van der Waals surface area contributed by atoms with Crippen molar-refractivity contribution in [3.63, 3.8) is 0 Å². The fraction of sp³-hybridized carbons (Fsp3) is 0.364. The van der Waals surface area contributed by atoms with Crippen molar-refractivity contribution in [1.29, 1.82) is 0 Å². The first-order chi connectivity index (χ1) is 14.4. The van der Waals surface area contributed by atoms with E-state index in [0.717, 1.165) is 31.1 Å². The summed E-state index contributed by atoms with van der Waals surface area (Å²) in [5, 5.41) is 3.69. The molecule has 30 heavy (non-hydrogen) atoms. The van der Waals surface area contributed by atoms with Crippen LogP contribution in [-0.4, -0.2) is 30.0 Å². The molecule has 4 rings (SSSR count). The number of nitrogens with one attached hydrogen (secondary N) is 2. The lowest BCUT2D eigenvalue weighted by Crippen LogP contribution is -2.21. The lowest BCUT2D eigenvalue weighted by atomic mass is 10.0. The molecule has 1 saturated carbocycles. The molecule has 1 aliphatic carbocycles. The molecular formula is C22H24FN3O3S. The number of hydrogen-bond acceptors (Lipinski definition) is 4. The van der Waals surface area contributed by atoms with Gasteiger partial charge in [0, 0.05) is 28.8 Å². The number of benzene rings is 1. The second-order valence-corrected chi connectivity index (χ2v) is 10.1. The number of fused-ring (bicyclic) bond motifs is 1. The topological polar surface area (TPSA) is 91.9 Å². The van der Waals surface area contributed by atoms with Gasteiger partial charge in [-0.1, -0.05) is 31.9 Å². The Morgan fingerprint density at radius 3 is 2.70 bits per heavy atom. The summed E-state index contributed by atoms with van der Waals surface area (Å²) in [7, 11) is -3.33. The molecule has 1 aromatic carbocycles. The molecular weight excluding hydrogens is 405 g/mol. The van der Waals surface area contributed by atoms with Gasteiger partial charge >= 0.3 is 0 Å². The van der Waals surface area contributed by atoms with E-state index in [-0.39, 0.29) is 28.9 Å². The number of rotatable bonds is 6. The summed E-state index contributed by atoms with van der Waals surface area (Å²) < 4.78 is 38.4. The monoisotopic (exact) mass is 429 g/mol. The highest BCUT2D eigenvalue weighted by molar-refractivity contribution is 7.90. The first-order valence-electron chi connectivity index (χ1n) is 10.1. The van der Waals surface area contributed by atoms with Crippen LogP contribution in [0.1, 0.15) is 38.2 Å². The summed E-state index contributed by atoms with van der Waals surface area (Å²) in [5.41, 5.74) is 2.04. The molecule has 2 aromatic heterocycles. The van der Waals surface area contributed by atoms with E-state index in [1.807, 2.05) is 6.07 Å². The summed E-state index contributed by atoms with van der Waals surface area (Å²) in [4.78, 5) is 20.0. The maximum atomic E-state index is 14.7. The number of H-pyrrole nitrogens is 1. The molecule has 0 bridgehead atoms. The van der Waals surface area contributed by atoms with E-state index < -0.39 is 15.7 Å². The van der Waals surface area contributed by atoms with Crippen LogP contribution in [-0.2, 0) is 20.4 Å². The van der Waals surface area contributed by atoms with Crippen molar-refractivity contribution in [2.24, 2.45) is 5.92 Å². The third-order valence-electron chi connectivity index (χ3n) is 5.69. The average molecular weight is 430 g/mol. The normalized spacial score (nSPS) is 15.0. The van der Waals surface area contributed by atoms with Gasteiger partial charge in [0.1, 0.15) is 17.3 Å². The molecule has 2 heterocycles. The molecule has 8 heteroatoms. The molecule has 1 aliphatic rings. The van der Waals surface area contributed by atoms with Crippen LogP contribution < -0.4 is 5.32 Å². The van der Waals surface area contributed by atoms with Crippen molar-refractivity contribution in [3.8, 4) is 11.1 Å². The molecule has 0 unspecified atom stereocenters. The van der Waals surface area contributed by atoms with Crippen molar-refractivity contribution in [2.45, 2.75) is 38.4 Å². The molecule has 0 spiro atoms. The van der Waals surface area contributed by atoms with Gasteiger partial charge < -0.3 is 10.3 Å². The number of aromatic amines is 1. The van der Waals surface area contributed by atoms with Crippen LogP contribution in [0, 0.1) is 11.7 Å². The summed E-state index contributed by atoms with van der Waals surface area (Å²) in [6.45, 7) is 1.54. The van der Waals surface area contributed by atoms with E-state index >= 15 is 0 Å². The van der Waals surface area contributed by atoms with E-state index in [1.54, 1.807) is 25.3 Å². The third-order valence-corrected chi connectivity index (χ3v) is 7.32. The standard InChI is InChI=1S/C22H24FN3O3S/c1-2-30(28,29)13-16-8-7-15(11-19(16)23)18-12-20(25-21-17(18)9-10-24-21)26-22(27)14-5-3-4-6-14/h7-12,14H,2-6,13H2,1H3,(H2,24,25,26,27). The summed E-state index contributed by atoms with van der Waals surface area (Å²) >= 11 is 0. The zero-order valence-electron chi connectivity index (χ0n) is 16.7. The lowest BCUT2D eigenvalue weighted by molar-refractivity contribution is -0.119. The Bertz CT molecular complexity index is 1200. The predicted molar refractivity (Wildman–Crippen MR) is 115 cm³/mol. The number of pyridine rings is 1. The van der Waals surface area contributed by atoms with Crippen molar-refractivity contribution in [3.05, 3.63) is 47.9 Å². The molecule has 0 saturated heterocycles. The minimum atomic E-state index is -3.33. The van der Waals surface area contributed by atoms with Crippen molar-refractivity contribution in [2.75, 3.05) is 11.1 Å². The van der Waals surface area contributed by atoms with Crippen LogP contribution in [0.2, 0.25) is 0 Å². The highest BCUT2D eigenvalue weighted by Crippen LogP contribution is 2.32. The van der Waals surface area contributed by atoms with Crippen LogP contribution >= 0.6 is 0 Å². The predicted octanol–water partition coefficient (Wildman–Crippen LogP) is 4.43. The van der Waals surface area contributed by atoms with E-state index in [4.69, 9.17) is 0 Å². The number of halogens is 1. The van der Waals surface area contributed by atoms with Gasteiger partial charge in [-0.3, -0.25) is 4.79 Å². The molecule has 1 amide bonds. The Morgan fingerprint density at radius 1 is 1.23 bits per heavy atom. The molecule has 1 fully saturated rings. The van der Waals surface area contributed by atoms with Crippen molar-refractivity contribution >= 4 is 32.6 Å². The Morgan fingerprint density at radius 2 is 2.00 bits per heavy atom. The molecule has 0 atom stereocenters. The second-order valence-electron chi connectivity index (χ2n) is 7.75. The first-order valence-corrected chi connectivity index (χ1v) is 12.0. The molecule has 158 valence electrons. The van der Waals surface area contributed by atoms with Crippen LogP contribution in [0.4, 0.5) is 10.2 Å². The van der Waals surface area contributed by atoms with Gasteiger partial charge in [-0.15, -0.1) is 0 Å². The lowest BCUT2D eigenvalue weighted by Gasteiger charge is -2.12. The quantitative estimate of drug-likeness (QED) is 0.606. The maximum absolute atomic E-state index is 14.7. The minimum Gasteiger partial charge on any atom is -0.346 e. The van der Waals surface area contributed by atoms with Gasteiger partial charge in [0.15, 0.2) is 9.84 Å². The average Bonchev–Trinajstić information content (AvgIpc) is 3.40. The Hall–Kier alpha value is -2.74. The Labute approximate surface area is 174 Å². The Kier molecular flexibility index (Phi) is 5.60. The number of carbonyl (C=O) groups is 1. The van der Waals surface area contributed by atoms with Crippen LogP contribution in [0.15, 0.2) is 36.5 Å². The number of nitrogens with zero attached hydrogens (tertiary/aromatic N) is 1. The summed E-state index contributed by atoms with van der Waals surface area (Å²) in [5.74, 6) is -0.549. The van der Waals surface area contributed by atoms with Gasteiger partial charge in [0.2, 0.25) is 5.91 Å². The number of aromatic nitrogens is 2. The van der Waals surface area contributed by atoms with Gasteiger partial charge in [0.25, 0.3) is 0 Å². The fourth-order valence-electron chi connectivity index (χ4n) is 3.93. The van der Waals surface area contributed by atoms with Gasteiger partial charge in [-0.2, -0.15) is 0 Å². The maximum Gasteiger partial charge on any atom is 0.228 e. The second kappa shape index (κ2) is 8.18. The molecule has 2 N–H and O–H groups in total. The zero-order chi connectivity index (χ0) is 21.3. The molecule has 0 aliphatic heterocycles. The highest BCUT2D eigenvalue weighted by Gasteiger charge is 2.23. The largest absolute Gasteiger partial charge is 0.346 e. The van der Waals surface area contributed by atoms with E-state index in [0.29, 0.717) is 22.6 Å². The van der Waals surface area contributed by atoms with Gasteiger partial charge in [-0.25, -0.2) is 17.8 Å². The SMILES string of the molecule is CCS(=O)(=O)Cc1ccc(-c2cc(NC(=O)C3CCCC3)nc3[nH]ccc23)cc1F. The summed E-state index contributed by atoms with van der Waals surface area (Å²) in [6, 6.07) is 8.13. The fourth-order valence-corrected chi connectivity index (χ4v) is 4.84. The van der Waals surface area contributed by atoms with Crippen LogP contribution in [0.5, 0.6) is 0 Å². The summed E-state index contributed by atoms with van der Waals surface area (Å²) in [6.07, 6.45) is 5.63.